The predicted molar refractivity (Wildman–Crippen MR) is 103 cm³/mol. The molecular weight excluding hydrogens is 584 g/mol. The van der Waals surface area contributed by atoms with Crippen molar-refractivity contribution in [1.29, 1.82) is 0 Å². The lowest BCUT2D eigenvalue weighted by atomic mass is 10.1. The molecule has 22 heavy (non-hydrogen) atoms. The third kappa shape index (κ3) is 4.36. The van der Waals surface area contributed by atoms with Crippen molar-refractivity contribution in [2.75, 3.05) is 27.4 Å². The molecule has 0 aliphatic carbocycles. The highest BCUT2D eigenvalue weighted by molar-refractivity contribution is 14.1. The number of rotatable bonds is 7. The second kappa shape index (κ2) is 9.45. The molecular formula is C13H16BrI2NO5. The van der Waals surface area contributed by atoms with Crippen molar-refractivity contribution < 1.29 is 24.5 Å². The largest absolute Gasteiger partial charge is 0.495 e. The zero-order chi connectivity index (χ0) is 16.9. The minimum atomic E-state index is -0.995. The third-order valence-corrected chi connectivity index (χ3v) is 5.48. The number of hydrogen-bond donors (Lipinski definition) is 3. The fourth-order valence-corrected chi connectivity index (χ4v) is 4.95. The van der Waals surface area contributed by atoms with E-state index in [0.717, 1.165) is 5.56 Å². The van der Waals surface area contributed by atoms with Gasteiger partial charge in [0.1, 0.15) is 11.5 Å². The van der Waals surface area contributed by atoms with Crippen molar-refractivity contribution in [2.45, 2.75) is 11.4 Å². The van der Waals surface area contributed by atoms with Gasteiger partial charge in [0.25, 0.3) is 5.91 Å². The fraction of sp³-hybridized carbons (Fsp3) is 0.462. The molecule has 124 valence electrons. The van der Waals surface area contributed by atoms with Gasteiger partial charge in [0.05, 0.1) is 39.6 Å². The van der Waals surface area contributed by atoms with Crippen molar-refractivity contribution in [3.8, 4) is 11.5 Å². The van der Waals surface area contributed by atoms with E-state index in [9.17, 15) is 9.90 Å². The lowest BCUT2D eigenvalue weighted by molar-refractivity contribution is 0.0800. The molecule has 0 spiro atoms. The van der Waals surface area contributed by atoms with E-state index in [1.54, 1.807) is 0 Å². The normalized spacial score (nSPS) is 12.0. The van der Waals surface area contributed by atoms with Gasteiger partial charge in [0.15, 0.2) is 0 Å². The Bertz CT molecular complexity index is 525. The van der Waals surface area contributed by atoms with Gasteiger partial charge in [-0.05, 0) is 45.2 Å². The number of carbonyl (C=O) groups is 1. The number of hydrogen-bond acceptors (Lipinski definition) is 5. The summed E-state index contributed by atoms with van der Waals surface area (Å²) < 4.78 is 12.1. The summed E-state index contributed by atoms with van der Waals surface area (Å²) in [6, 6.07) is 0. The summed E-state index contributed by atoms with van der Waals surface area (Å²) in [5.41, 5.74) is 1.25. The Morgan fingerprint density at radius 3 is 2.14 bits per heavy atom. The van der Waals surface area contributed by atoms with E-state index in [-0.39, 0.29) is 12.5 Å². The van der Waals surface area contributed by atoms with Crippen LogP contribution in [0.1, 0.15) is 15.9 Å². The smallest absolute Gasteiger partial charge is 0.253 e. The zero-order valence-corrected chi connectivity index (χ0v) is 17.9. The van der Waals surface area contributed by atoms with Crippen LogP contribution in [0.15, 0.2) is 0 Å². The van der Waals surface area contributed by atoms with Crippen molar-refractivity contribution in [2.24, 2.45) is 0 Å². The summed E-state index contributed by atoms with van der Waals surface area (Å²) in [7, 11) is 3.07. The summed E-state index contributed by atoms with van der Waals surface area (Å²) in [6.45, 7) is -0.448. The number of carbonyl (C=O) groups excluding carboxylic acids is 1. The summed E-state index contributed by atoms with van der Waals surface area (Å²) >= 11 is 7.50. The number of alkyl halides is 1. The van der Waals surface area contributed by atoms with E-state index in [1.165, 1.54) is 14.2 Å². The summed E-state index contributed by atoms with van der Waals surface area (Å²) in [5.74, 6) is 0.782. The first-order valence-electron chi connectivity index (χ1n) is 6.17. The van der Waals surface area contributed by atoms with Crippen LogP contribution in [0.2, 0.25) is 0 Å². The topological polar surface area (TPSA) is 88.0 Å². The maximum Gasteiger partial charge on any atom is 0.253 e. The van der Waals surface area contributed by atoms with E-state index in [0.29, 0.717) is 29.5 Å². The molecule has 9 heteroatoms. The van der Waals surface area contributed by atoms with Crippen molar-refractivity contribution in [3.05, 3.63) is 18.3 Å². The second-order valence-electron chi connectivity index (χ2n) is 4.23. The van der Waals surface area contributed by atoms with Crippen LogP contribution in [0, 0.1) is 7.14 Å². The van der Waals surface area contributed by atoms with Crippen LogP contribution in [0.25, 0.3) is 0 Å². The van der Waals surface area contributed by atoms with Gasteiger partial charge in [0.2, 0.25) is 0 Å². The Morgan fingerprint density at radius 2 is 1.77 bits per heavy atom. The standard InChI is InChI=1S/C13H16BrI2NO5/c1-21-11-7(3-14)12(22-2)10(16)8(9(11)15)13(20)17-4-6(19)5-18/h6,18-19H,3-5H2,1-2H3,(H,17,20). The van der Waals surface area contributed by atoms with Gasteiger partial charge in [-0.1, -0.05) is 15.9 Å². The van der Waals surface area contributed by atoms with Crippen LogP contribution in [0.4, 0.5) is 0 Å². The first kappa shape index (κ1) is 20.2. The SMILES string of the molecule is COc1c(I)c(C(=O)NCC(O)CO)c(I)c(OC)c1CBr. The summed E-state index contributed by atoms with van der Waals surface area (Å²) in [5, 5.41) is 21.3. The van der Waals surface area contributed by atoms with Gasteiger partial charge in [-0.3, -0.25) is 4.79 Å². The molecule has 0 saturated carbocycles. The molecule has 0 heterocycles. The van der Waals surface area contributed by atoms with Gasteiger partial charge in [0, 0.05) is 17.4 Å². The Balaban J connectivity index is 3.32. The van der Waals surface area contributed by atoms with Crippen LogP contribution >= 0.6 is 61.1 Å². The van der Waals surface area contributed by atoms with Gasteiger partial charge in [-0.25, -0.2) is 0 Å². The minimum Gasteiger partial charge on any atom is -0.495 e. The number of halogens is 3. The average Bonchev–Trinajstić information content (AvgIpc) is 2.51. The maximum absolute atomic E-state index is 12.4. The molecule has 6 nitrogen and oxygen atoms in total. The van der Waals surface area contributed by atoms with Crippen LogP contribution in [0.3, 0.4) is 0 Å². The average molecular weight is 600 g/mol. The molecule has 0 saturated heterocycles. The van der Waals surface area contributed by atoms with Crippen LogP contribution < -0.4 is 14.8 Å². The number of amides is 1. The van der Waals surface area contributed by atoms with Crippen LogP contribution in [-0.2, 0) is 5.33 Å². The van der Waals surface area contributed by atoms with Crippen molar-refractivity contribution in [3.63, 3.8) is 0 Å². The Labute approximate surface area is 164 Å². The predicted octanol–water partition coefficient (Wildman–Crippen LogP) is 1.89. The highest BCUT2D eigenvalue weighted by Gasteiger charge is 2.26. The first-order chi connectivity index (χ1) is 10.4. The number of aliphatic hydroxyl groups excluding tert-OH is 2. The van der Waals surface area contributed by atoms with Gasteiger partial charge in [-0.15, -0.1) is 0 Å². The highest BCUT2D eigenvalue weighted by atomic mass is 127. The monoisotopic (exact) mass is 599 g/mol. The number of aliphatic hydroxyl groups is 2. The summed E-state index contributed by atoms with van der Waals surface area (Å²) in [4.78, 5) is 12.4. The Hall–Kier alpha value is 0.150. The van der Waals surface area contributed by atoms with Crippen LogP contribution in [0.5, 0.6) is 11.5 Å². The lowest BCUT2D eigenvalue weighted by Crippen LogP contribution is -2.34. The molecule has 1 aromatic rings. The Kier molecular flexibility index (Phi) is 8.67. The number of benzene rings is 1. The van der Waals surface area contributed by atoms with Crippen molar-refractivity contribution >= 4 is 67.0 Å². The number of methoxy groups -OCH3 is 2. The molecule has 0 aliphatic rings. The molecule has 1 atom stereocenters. The first-order valence-corrected chi connectivity index (χ1v) is 9.45. The van der Waals surface area contributed by atoms with Gasteiger partial charge in [-0.2, -0.15) is 0 Å². The summed E-state index contributed by atoms with van der Waals surface area (Å²) in [6.07, 6.45) is -0.995. The molecule has 1 unspecified atom stereocenters. The molecule has 0 aliphatic heterocycles. The number of ether oxygens (including phenoxy) is 2. The third-order valence-electron chi connectivity index (χ3n) is 2.86. The second-order valence-corrected chi connectivity index (χ2v) is 6.95. The molecule has 0 aromatic heterocycles. The fourth-order valence-electron chi connectivity index (χ4n) is 1.80. The molecule has 3 N–H and O–H groups in total. The van der Waals surface area contributed by atoms with E-state index >= 15 is 0 Å². The Morgan fingerprint density at radius 1 is 1.27 bits per heavy atom. The number of nitrogens with one attached hydrogen (secondary N) is 1. The van der Waals surface area contributed by atoms with E-state index in [4.69, 9.17) is 14.6 Å². The van der Waals surface area contributed by atoms with Gasteiger partial charge >= 0.3 is 0 Å². The quantitative estimate of drug-likeness (QED) is 0.329. The minimum absolute atomic E-state index is 0.0354. The molecule has 1 rings (SSSR count). The van der Waals surface area contributed by atoms with Gasteiger partial charge < -0.3 is 25.0 Å². The van der Waals surface area contributed by atoms with Crippen LogP contribution in [-0.4, -0.2) is 49.6 Å². The molecule has 0 fully saturated rings. The van der Waals surface area contributed by atoms with E-state index in [1.807, 2.05) is 0 Å². The maximum atomic E-state index is 12.4. The molecule has 0 radical (unpaired) electrons. The van der Waals surface area contributed by atoms with E-state index in [2.05, 4.69) is 66.4 Å². The molecule has 1 amide bonds. The molecule has 0 bridgehead atoms. The van der Waals surface area contributed by atoms with Crippen molar-refractivity contribution in [1.82, 2.24) is 5.32 Å². The highest BCUT2D eigenvalue weighted by Crippen LogP contribution is 2.41. The lowest BCUT2D eigenvalue weighted by Gasteiger charge is -2.19. The zero-order valence-electron chi connectivity index (χ0n) is 12.0. The van der Waals surface area contributed by atoms with E-state index < -0.39 is 12.7 Å². The molecule has 1 aromatic carbocycles.